The number of benzene rings is 1. The molecule has 4 rings (SSSR count). The lowest BCUT2D eigenvalue weighted by molar-refractivity contribution is 0.515. The second-order valence-electron chi connectivity index (χ2n) is 7.95. The average Bonchev–Trinajstić information content (AvgIpc) is 3.24. The van der Waals surface area contributed by atoms with Gasteiger partial charge < -0.3 is 10.6 Å². The number of hydrogen-bond donors (Lipinski definition) is 2. The maximum Gasteiger partial charge on any atom is 0.227 e. The fourth-order valence-electron chi connectivity index (χ4n) is 3.78. The number of fused-ring (bicyclic) bond motifs is 1. The van der Waals surface area contributed by atoms with Gasteiger partial charge in [0.05, 0.1) is 11.9 Å². The fraction of sp³-hybridized carbons (Fsp3) is 0.375. The minimum Gasteiger partial charge on any atom is -0.324 e. The van der Waals surface area contributed by atoms with Crippen molar-refractivity contribution in [3.05, 3.63) is 53.5 Å². The maximum absolute atomic E-state index is 4.77. The number of nitrogens with one attached hydrogen (secondary N) is 2. The molecule has 0 spiro atoms. The summed E-state index contributed by atoms with van der Waals surface area (Å²) in [5, 5.41) is 11.4. The standard InChI is InChI=1S/C24H28N6/c1-5-6-7-22-21-9-8-20(12-18(21)10-11-25-22)28-24-26-13-17(4)23(29-24)19-14-27-30(15-19)16(2)3/h8-9,12-16,22,25H,7,10-11H2,1-4H3,(H,26,28,29). The highest BCUT2D eigenvalue weighted by Crippen LogP contribution is 2.29. The highest BCUT2D eigenvalue weighted by Gasteiger charge is 2.19. The minimum atomic E-state index is 0.301. The van der Waals surface area contributed by atoms with Crippen LogP contribution < -0.4 is 10.6 Å². The third kappa shape index (κ3) is 4.22. The van der Waals surface area contributed by atoms with Gasteiger partial charge in [-0.1, -0.05) is 6.07 Å². The quantitative estimate of drug-likeness (QED) is 0.614. The van der Waals surface area contributed by atoms with Gasteiger partial charge in [0, 0.05) is 42.1 Å². The number of nitrogens with zero attached hydrogens (tertiary/aromatic N) is 4. The average molecular weight is 401 g/mol. The van der Waals surface area contributed by atoms with Gasteiger partial charge in [-0.3, -0.25) is 4.68 Å². The molecule has 0 amide bonds. The molecule has 3 aromatic rings. The summed E-state index contributed by atoms with van der Waals surface area (Å²) in [5.41, 5.74) is 6.63. The summed E-state index contributed by atoms with van der Waals surface area (Å²) >= 11 is 0. The zero-order valence-electron chi connectivity index (χ0n) is 18.0. The van der Waals surface area contributed by atoms with E-state index in [0.29, 0.717) is 18.0 Å². The van der Waals surface area contributed by atoms with Crippen molar-refractivity contribution >= 4 is 11.6 Å². The van der Waals surface area contributed by atoms with Crippen molar-refractivity contribution in [3.63, 3.8) is 0 Å². The van der Waals surface area contributed by atoms with Crippen LogP contribution in [0.4, 0.5) is 11.6 Å². The number of aryl methyl sites for hydroxylation is 1. The predicted octanol–water partition coefficient (Wildman–Crippen LogP) is 4.57. The molecule has 1 aliphatic heterocycles. The van der Waals surface area contributed by atoms with E-state index in [2.05, 4.69) is 64.6 Å². The molecule has 6 nitrogen and oxygen atoms in total. The minimum absolute atomic E-state index is 0.301. The lowest BCUT2D eigenvalue weighted by Gasteiger charge is -2.26. The molecule has 0 bridgehead atoms. The fourth-order valence-corrected chi connectivity index (χ4v) is 3.78. The molecule has 1 unspecified atom stereocenters. The first-order valence-corrected chi connectivity index (χ1v) is 10.5. The van der Waals surface area contributed by atoms with Crippen LogP contribution in [0.2, 0.25) is 0 Å². The summed E-state index contributed by atoms with van der Waals surface area (Å²) < 4.78 is 1.95. The van der Waals surface area contributed by atoms with E-state index in [1.807, 2.05) is 37.1 Å². The number of rotatable bonds is 5. The van der Waals surface area contributed by atoms with Gasteiger partial charge in [-0.05, 0) is 69.5 Å². The molecule has 0 saturated heterocycles. The van der Waals surface area contributed by atoms with Crippen molar-refractivity contribution in [1.82, 2.24) is 25.1 Å². The van der Waals surface area contributed by atoms with Crippen LogP contribution in [0.1, 0.15) is 56.0 Å². The second kappa shape index (κ2) is 8.68. The van der Waals surface area contributed by atoms with Gasteiger partial charge >= 0.3 is 0 Å². The molecule has 2 aromatic heterocycles. The van der Waals surface area contributed by atoms with Crippen molar-refractivity contribution in [1.29, 1.82) is 0 Å². The Kier molecular flexibility index (Phi) is 5.82. The molecule has 1 atom stereocenters. The Morgan fingerprint density at radius 1 is 1.30 bits per heavy atom. The topological polar surface area (TPSA) is 67.7 Å². The lowest BCUT2D eigenvalue weighted by Crippen LogP contribution is -2.29. The number of anilines is 2. The summed E-state index contributed by atoms with van der Waals surface area (Å²) in [6, 6.07) is 7.11. The SMILES string of the molecule is CC#CCC1NCCc2cc(Nc3ncc(C)c(-c4cnn(C(C)C)c4)n3)ccc21. The first-order valence-electron chi connectivity index (χ1n) is 10.5. The van der Waals surface area contributed by atoms with Gasteiger partial charge in [0.1, 0.15) is 0 Å². The van der Waals surface area contributed by atoms with Gasteiger partial charge in [0.25, 0.3) is 0 Å². The van der Waals surface area contributed by atoms with Crippen molar-refractivity contribution in [2.45, 2.75) is 52.6 Å². The van der Waals surface area contributed by atoms with Crippen LogP contribution in [-0.2, 0) is 6.42 Å². The molecule has 3 heterocycles. The van der Waals surface area contributed by atoms with E-state index < -0.39 is 0 Å². The largest absolute Gasteiger partial charge is 0.324 e. The molecule has 1 aromatic carbocycles. The molecule has 0 radical (unpaired) electrons. The van der Waals surface area contributed by atoms with Crippen LogP contribution in [-0.4, -0.2) is 26.3 Å². The Bertz CT molecular complexity index is 1100. The van der Waals surface area contributed by atoms with E-state index in [1.54, 1.807) is 0 Å². The Labute approximate surface area is 178 Å². The van der Waals surface area contributed by atoms with Crippen LogP contribution in [0, 0.1) is 18.8 Å². The second-order valence-corrected chi connectivity index (χ2v) is 7.95. The zero-order valence-corrected chi connectivity index (χ0v) is 18.0. The summed E-state index contributed by atoms with van der Waals surface area (Å²) in [6.45, 7) is 9.11. The smallest absolute Gasteiger partial charge is 0.227 e. The Morgan fingerprint density at radius 3 is 2.93 bits per heavy atom. The van der Waals surface area contributed by atoms with Crippen molar-refractivity contribution < 1.29 is 0 Å². The van der Waals surface area contributed by atoms with Gasteiger partial charge in [-0.15, -0.1) is 11.8 Å². The van der Waals surface area contributed by atoms with Gasteiger partial charge in [-0.2, -0.15) is 5.10 Å². The van der Waals surface area contributed by atoms with Crippen molar-refractivity contribution in [2.24, 2.45) is 0 Å². The van der Waals surface area contributed by atoms with E-state index in [1.165, 1.54) is 11.1 Å². The van der Waals surface area contributed by atoms with E-state index in [-0.39, 0.29) is 0 Å². The molecular weight excluding hydrogens is 372 g/mol. The zero-order chi connectivity index (χ0) is 21.1. The molecule has 30 heavy (non-hydrogen) atoms. The van der Waals surface area contributed by atoms with Crippen LogP contribution >= 0.6 is 0 Å². The molecule has 2 N–H and O–H groups in total. The molecule has 6 heteroatoms. The van der Waals surface area contributed by atoms with E-state index >= 15 is 0 Å². The summed E-state index contributed by atoms with van der Waals surface area (Å²) in [7, 11) is 0. The third-order valence-electron chi connectivity index (χ3n) is 5.42. The molecule has 1 aliphatic rings. The van der Waals surface area contributed by atoms with Gasteiger partial charge in [-0.25, -0.2) is 9.97 Å². The van der Waals surface area contributed by atoms with Crippen LogP contribution in [0.15, 0.2) is 36.8 Å². The van der Waals surface area contributed by atoms with E-state index in [0.717, 1.165) is 41.9 Å². The third-order valence-corrected chi connectivity index (χ3v) is 5.42. The van der Waals surface area contributed by atoms with Crippen molar-refractivity contribution in [3.8, 4) is 23.1 Å². The monoisotopic (exact) mass is 400 g/mol. The van der Waals surface area contributed by atoms with Gasteiger partial charge in [0.15, 0.2) is 0 Å². The highest BCUT2D eigenvalue weighted by molar-refractivity contribution is 5.64. The van der Waals surface area contributed by atoms with E-state index in [9.17, 15) is 0 Å². The summed E-state index contributed by atoms with van der Waals surface area (Å²) in [6.07, 6.45) is 7.61. The first kappa shape index (κ1) is 20.1. The normalized spacial score (nSPS) is 15.4. The Balaban J connectivity index is 1.58. The highest BCUT2D eigenvalue weighted by atomic mass is 15.3. The Hall–Kier alpha value is -3.17. The molecule has 0 aliphatic carbocycles. The summed E-state index contributed by atoms with van der Waals surface area (Å²) in [4.78, 5) is 9.26. The van der Waals surface area contributed by atoms with Gasteiger partial charge in [0.2, 0.25) is 5.95 Å². The van der Waals surface area contributed by atoms with E-state index in [4.69, 9.17) is 4.98 Å². The summed E-state index contributed by atoms with van der Waals surface area (Å²) in [5.74, 6) is 6.78. The number of hydrogen-bond acceptors (Lipinski definition) is 5. The van der Waals surface area contributed by atoms with Crippen LogP contribution in [0.5, 0.6) is 0 Å². The van der Waals surface area contributed by atoms with Crippen LogP contribution in [0.3, 0.4) is 0 Å². The first-order chi connectivity index (χ1) is 14.5. The Morgan fingerprint density at radius 2 is 2.17 bits per heavy atom. The molecule has 0 saturated carbocycles. The number of aromatic nitrogens is 4. The lowest BCUT2D eigenvalue weighted by atomic mass is 9.92. The predicted molar refractivity (Wildman–Crippen MR) is 121 cm³/mol. The van der Waals surface area contributed by atoms with Crippen LogP contribution in [0.25, 0.3) is 11.3 Å². The molecule has 0 fully saturated rings. The maximum atomic E-state index is 4.77. The molecular formula is C24H28N6. The molecule has 154 valence electrons. The van der Waals surface area contributed by atoms with Crippen molar-refractivity contribution in [2.75, 3.05) is 11.9 Å².